The van der Waals surface area contributed by atoms with Crippen molar-refractivity contribution in [1.29, 1.82) is 5.26 Å². The summed E-state index contributed by atoms with van der Waals surface area (Å²) in [5, 5.41) is 9.09. The number of halogens is 3. The third-order valence-electron chi connectivity index (χ3n) is 2.00. The molecule has 2 nitrogen and oxygen atoms in total. The van der Waals surface area contributed by atoms with Crippen LogP contribution in [0.2, 0.25) is 0 Å². The van der Waals surface area contributed by atoms with E-state index in [0.717, 1.165) is 0 Å². The lowest BCUT2D eigenvalue weighted by Crippen LogP contribution is -1.98. The maximum absolute atomic E-state index is 12.2. The fourth-order valence-corrected chi connectivity index (χ4v) is 2.02. The fraction of sp³-hybridized carbons (Fsp3) is 0.100. The molecule has 0 saturated carbocycles. The van der Waals surface area contributed by atoms with Gasteiger partial charge in [-0.25, -0.2) is 0 Å². The summed E-state index contributed by atoms with van der Waals surface area (Å²) in [5.74, 6) is 0. The zero-order chi connectivity index (χ0) is 11.8. The molecule has 0 amide bonds. The number of hydrogen-bond acceptors (Lipinski definition) is 2. The number of nitrogens with one attached hydrogen (secondary N) is 1. The lowest BCUT2D eigenvalue weighted by atomic mass is 10.2. The molecular formula is C10H5F3N2S. The predicted molar refractivity (Wildman–Crippen MR) is 54.9 cm³/mol. The molecule has 0 spiro atoms. The van der Waals surface area contributed by atoms with Gasteiger partial charge in [0.1, 0.15) is 0 Å². The largest absolute Gasteiger partial charge is 0.446 e. The Bertz CT molecular complexity index is 565. The fourth-order valence-electron chi connectivity index (χ4n) is 1.37. The van der Waals surface area contributed by atoms with Crippen LogP contribution in [-0.2, 0) is 0 Å². The van der Waals surface area contributed by atoms with E-state index in [-0.39, 0.29) is 16.7 Å². The molecule has 0 bridgehead atoms. The van der Waals surface area contributed by atoms with E-state index in [4.69, 9.17) is 5.26 Å². The second-order valence-corrected chi connectivity index (χ2v) is 4.18. The number of fused-ring (bicyclic) bond motifs is 1. The second-order valence-electron chi connectivity index (χ2n) is 3.07. The zero-order valence-corrected chi connectivity index (χ0v) is 8.62. The van der Waals surface area contributed by atoms with Crippen LogP contribution in [0.5, 0.6) is 0 Å². The first-order valence-electron chi connectivity index (χ1n) is 4.26. The Morgan fingerprint density at radius 3 is 2.69 bits per heavy atom. The quantitative estimate of drug-likeness (QED) is 0.775. The van der Waals surface area contributed by atoms with E-state index in [2.05, 4.69) is 4.98 Å². The number of hydrogen-bond donors (Lipinski definition) is 1. The number of rotatable bonds is 1. The third-order valence-corrected chi connectivity index (χ3v) is 2.79. The van der Waals surface area contributed by atoms with Crippen molar-refractivity contribution in [3.8, 4) is 6.07 Å². The number of H-pyrrole nitrogens is 1. The van der Waals surface area contributed by atoms with Crippen molar-refractivity contribution < 1.29 is 13.2 Å². The van der Waals surface area contributed by atoms with E-state index in [9.17, 15) is 13.2 Å². The predicted octanol–water partition coefficient (Wildman–Crippen LogP) is 3.65. The average molecular weight is 242 g/mol. The first kappa shape index (κ1) is 10.9. The molecule has 82 valence electrons. The molecule has 0 aliphatic carbocycles. The van der Waals surface area contributed by atoms with Gasteiger partial charge in [-0.15, -0.1) is 0 Å². The van der Waals surface area contributed by atoms with E-state index >= 15 is 0 Å². The van der Waals surface area contributed by atoms with Gasteiger partial charge in [0.2, 0.25) is 0 Å². The smallest absolute Gasteiger partial charge is 0.360 e. The SMILES string of the molecule is N#Cc1ccc2[nH]cc(SC(F)(F)F)c2c1. The molecule has 16 heavy (non-hydrogen) atoms. The van der Waals surface area contributed by atoms with Gasteiger partial charge in [0.25, 0.3) is 0 Å². The Labute approximate surface area is 93.1 Å². The van der Waals surface area contributed by atoms with Crippen molar-refractivity contribution >= 4 is 22.7 Å². The van der Waals surface area contributed by atoms with E-state index in [1.165, 1.54) is 12.3 Å². The van der Waals surface area contributed by atoms with E-state index in [0.29, 0.717) is 16.5 Å². The molecule has 2 aromatic rings. The zero-order valence-electron chi connectivity index (χ0n) is 7.80. The normalized spacial score (nSPS) is 11.6. The second kappa shape index (κ2) is 3.76. The van der Waals surface area contributed by atoms with Crippen LogP contribution in [0.15, 0.2) is 29.3 Å². The molecule has 1 heterocycles. The summed E-state index contributed by atoms with van der Waals surface area (Å²) in [5.41, 5.74) is -3.39. The summed E-state index contributed by atoms with van der Waals surface area (Å²) in [6.45, 7) is 0. The van der Waals surface area contributed by atoms with Crippen molar-refractivity contribution in [3.05, 3.63) is 30.0 Å². The maximum atomic E-state index is 12.2. The molecule has 2 rings (SSSR count). The van der Waals surface area contributed by atoms with Gasteiger partial charge in [0.15, 0.2) is 0 Å². The van der Waals surface area contributed by atoms with E-state index in [1.807, 2.05) is 6.07 Å². The van der Waals surface area contributed by atoms with Crippen LogP contribution in [0, 0.1) is 11.3 Å². The first-order valence-corrected chi connectivity index (χ1v) is 5.08. The van der Waals surface area contributed by atoms with Crippen LogP contribution in [0.4, 0.5) is 13.2 Å². The maximum Gasteiger partial charge on any atom is 0.446 e. The summed E-state index contributed by atoms with van der Waals surface area (Å²) in [7, 11) is 0. The lowest BCUT2D eigenvalue weighted by Gasteiger charge is -2.03. The summed E-state index contributed by atoms with van der Waals surface area (Å²) < 4.78 is 36.6. The lowest BCUT2D eigenvalue weighted by molar-refractivity contribution is -0.0327. The van der Waals surface area contributed by atoms with Crippen molar-refractivity contribution in [2.24, 2.45) is 0 Å². The average Bonchev–Trinajstić information content (AvgIpc) is 2.58. The Morgan fingerprint density at radius 2 is 2.06 bits per heavy atom. The highest BCUT2D eigenvalue weighted by molar-refractivity contribution is 8.00. The molecule has 1 N–H and O–H groups in total. The number of alkyl halides is 3. The summed E-state index contributed by atoms with van der Waals surface area (Å²) >= 11 is -0.185. The molecule has 6 heteroatoms. The molecule has 0 aliphatic heterocycles. The van der Waals surface area contributed by atoms with Crippen LogP contribution < -0.4 is 0 Å². The first-order chi connectivity index (χ1) is 7.49. The Balaban J connectivity index is 2.51. The molecule has 1 aromatic carbocycles. The standard InChI is InChI=1S/C10H5F3N2S/c11-10(12,13)16-9-5-15-8-2-1-6(4-14)3-7(8)9/h1-3,5,15H. The van der Waals surface area contributed by atoms with Crippen LogP contribution in [0.25, 0.3) is 10.9 Å². The van der Waals surface area contributed by atoms with Crippen molar-refractivity contribution in [2.45, 2.75) is 10.4 Å². The molecular weight excluding hydrogens is 237 g/mol. The van der Waals surface area contributed by atoms with Crippen molar-refractivity contribution in [2.75, 3.05) is 0 Å². The van der Waals surface area contributed by atoms with Crippen LogP contribution in [0.1, 0.15) is 5.56 Å². The highest BCUT2D eigenvalue weighted by Gasteiger charge is 2.30. The molecule has 0 fully saturated rings. The third kappa shape index (κ3) is 2.14. The Hall–Kier alpha value is -1.61. The van der Waals surface area contributed by atoms with Crippen LogP contribution in [-0.4, -0.2) is 10.5 Å². The van der Waals surface area contributed by atoms with Gasteiger partial charge < -0.3 is 4.98 Å². The van der Waals surface area contributed by atoms with Crippen molar-refractivity contribution in [1.82, 2.24) is 4.98 Å². The van der Waals surface area contributed by atoms with Gasteiger partial charge in [0.05, 0.1) is 11.6 Å². The highest BCUT2D eigenvalue weighted by atomic mass is 32.2. The molecule has 0 aliphatic rings. The van der Waals surface area contributed by atoms with Gasteiger partial charge in [-0.05, 0) is 30.0 Å². The molecule has 0 atom stereocenters. The topological polar surface area (TPSA) is 39.6 Å². The molecule has 0 unspecified atom stereocenters. The number of benzene rings is 1. The minimum absolute atomic E-state index is 0.0830. The van der Waals surface area contributed by atoms with Gasteiger partial charge >= 0.3 is 5.51 Å². The van der Waals surface area contributed by atoms with Crippen molar-refractivity contribution in [3.63, 3.8) is 0 Å². The molecule has 1 aromatic heterocycles. The van der Waals surface area contributed by atoms with E-state index in [1.54, 1.807) is 12.1 Å². The Morgan fingerprint density at radius 1 is 1.31 bits per heavy atom. The number of aromatic nitrogens is 1. The van der Waals surface area contributed by atoms with Crippen LogP contribution >= 0.6 is 11.8 Å². The van der Waals surface area contributed by atoms with Gasteiger partial charge in [-0.2, -0.15) is 18.4 Å². The number of aromatic amines is 1. The Kier molecular flexibility index (Phi) is 2.56. The number of nitriles is 1. The minimum atomic E-state index is -4.32. The van der Waals surface area contributed by atoms with E-state index < -0.39 is 5.51 Å². The number of nitrogens with zero attached hydrogens (tertiary/aromatic N) is 1. The highest BCUT2D eigenvalue weighted by Crippen LogP contribution is 2.40. The number of thioether (sulfide) groups is 1. The van der Waals surface area contributed by atoms with Gasteiger partial charge in [0, 0.05) is 22.0 Å². The minimum Gasteiger partial charge on any atom is -0.360 e. The monoisotopic (exact) mass is 242 g/mol. The molecule has 0 saturated heterocycles. The molecule has 0 radical (unpaired) electrons. The summed E-state index contributed by atoms with van der Waals surface area (Å²) in [6.07, 6.45) is 1.30. The van der Waals surface area contributed by atoms with Crippen LogP contribution in [0.3, 0.4) is 0 Å². The van der Waals surface area contributed by atoms with Gasteiger partial charge in [-0.1, -0.05) is 0 Å². The summed E-state index contributed by atoms with van der Waals surface area (Å²) in [4.78, 5) is 2.81. The van der Waals surface area contributed by atoms with Gasteiger partial charge in [-0.3, -0.25) is 0 Å². The summed E-state index contributed by atoms with van der Waals surface area (Å²) in [6, 6.07) is 6.49.